The summed E-state index contributed by atoms with van der Waals surface area (Å²) in [6, 6.07) is 7.93. The molecule has 0 saturated carbocycles. The average Bonchev–Trinajstić information content (AvgIpc) is 2.70. The number of H-pyrrole nitrogens is 1. The molecular weight excluding hydrogens is 356 g/mol. The number of carbonyl (C=O) groups is 1. The van der Waals surface area contributed by atoms with Crippen LogP contribution in [0.5, 0.6) is 0 Å². The van der Waals surface area contributed by atoms with Gasteiger partial charge in [0.05, 0.1) is 6.42 Å². The lowest BCUT2D eigenvalue weighted by Crippen LogP contribution is -2.27. The first-order valence-electron chi connectivity index (χ1n) is 6.13. The van der Waals surface area contributed by atoms with E-state index in [-0.39, 0.29) is 5.91 Å². The Hall–Kier alpha value is -0.980. The zero-order chi connectivity index (χ0) is 14.7. The Morgan fingerprint density at radius 2 is 2.15 bits per heavy atom. The Morgan fingerprint density at radius 3 is 2.75 bits per heavy atom. The second-order valence-corrected chi connectivity index (χ2v) is 7.21. The van der Waals surface area contributed by atoms with Crippen LogP contribution in [0.2, 0.25) is 0 Å². The highest BCUT2D eigenvalue weighted by Gasteiger charge is 2.14. The SMILES string of the molecule is Cc1[nH]c(=S)sc1CC(=O)N(C)Cc1ccccc1Br. The van der Waals surface area contributed by atoms with E-state index >= 15 is 0 Å². The lowest BCUT2D eigenvalue weighted by molar-refractivity contribution is -0.129. The summed E-state index contributed by atoms with van der Waals surface area (Å²) in [7, 11) is 1.82. The molecule has 1 amide bonds. The quantitative estimate of drug-likeness (QED) is 0.823. The zero-order valence-electron chi connectivity index (χ0n) is 11.3. The molecule has 0 aliphatic carbocycles. The number of thiazole rings is 1. The van der Waals surface area contributed by atoms with Gasteiger partial charge in [0.15, 0.2) is 3.95 Å². The first-order valence-corrected chi connectivity index (χ1v) is 8.15. The topological polar surface area (TPSA) is 36.1 Å². The van der Waals surface area contributed by atoms with Crippen molar-refractivity contribution in [3.63, 3.8) is 0 Å². The predicted octanol–water partition coefficient (Wildman–Crippen LogP) is 4.08. The standard InChI is InChI=1S/C14H15BrN2OS2/c1-9-12(20-14(19)16-9)7-13(18)17(2)8-10-5-3-4-6-11(10)15/h3-6H,7-8H2,1-2H3,(H,16,19). The Morgan fingerprint density at radius 1 is 1.45 bits per heavy atom. The largest absolute Gasteiger partial charge is 0.341 e. The molecule has 0 bridgehead atoms. The van der Waals surface area contributed by atoms with Gasteiger partial charge in [-0.25, -0.2) is 0 Å². The zero-order valence-corrected chi connectivity index (χ0v) is 14.5. The smallest absolute Gasteiger partial charge is 0.227 e. The summed E-state index contributed by atoms with van der Waals surface area (Å²) in [5.41, 5.74) is 2.09. The summed E-state index contributed by atoms with van der Waals surface area (Å²) in [6.07, 6.45) is 0.393. The summed E-state index contributed by atoms with van der Waals surface area (Å²) in [5.74, 6) is 0.0918. The van der Waals surface area contributed by atoms with E-state index in [1.807, 2.05) is 38.2 Å². The summed E-state index contributed by atoms with van der Waals surface area (Å²) in [6.45, 7) is 2.54. The highest BCUT2D eigenvalue weighted by atomic mass is 79.9. The Kier molecular flexibility index (Phi) is 5.12. The molecule has 1 aromatic carbocycles. The fourth-order valence-corrected chi connectivity index (χ4v) is 3.54. The number of hydrogen-bond acceptors (Lipinski definition) is 3. The molecule has 0 radical (unpaired) electrons. The van der Waals surface area contributed by atoms with Crippen molar-refractivity contribution in [2.24, 2.45) is 0 Å². The van der Waals surface area contributed by atoms with Crippen LogP contribution in [0.15, 0.2) is 28.7 Å². The number of likely N-dealkylation sites (N-methyl/N-ethyl adjacent to an activating group) is 1. The fourth-order valence-electron chi connectivity index (χ4n) is 1.85. The van der Waals surface area contributed by atoms with E-state index in [0.29, 0.717) is 13.0 Å². The third-order valence-corrected chi connectivity index (χ3v) is 5.14. The van der Waals surface area contributed by atoms with Crippen LogP contribution in [0.1, 0.15) is 16.1 Å². The predicted molar refractivity (Wildman–Crippen MR) is 88.6 cm³/mol. The highest BCUT2D eigenvalue weighted by molar-refractivity contribution is 9.10. The fraction of sp³-hybridized carbons (Fsp3) is 0.286. The van der Waals surface area contributed by atoms with E-state index in [2.05, 4.69) is 20.9 Å². The number of aromatic nitrogens is 1. The number of rotatable bonds is 4. The van der Waals surface area contributed by atoms with Gasteiger partial charge in [0, 0.05) is 28.6 Å². The van der Waals surface area contributed by atoms with Crippen LogP contribution >= 0.6 is 39.5 Å². The van der Waals surface area contributed by atoms with Crippen LogP contribution < -0.4 is 0 Å². The van der Waals surface area contributed by atoms with Gasteiger partial charge in [-0.2, -0.15) is 0 Å². The van der Waals surface area contributed by atoms with Crippen LogP contribution in [0, 0.1) is 10.9 Å². The van der Waals surface area contributed by atoms with Crippen molar-refractivity contribution < 1.29 is 4.79 Å². The van der Waals surface area contributed by atoms with Crippen LogP contribution in [0.3, 0.4) is 0 Å². The number of carbonyl (C=O) groups excluding carboxylic acids is 1. The monoisotopic (exact) mass is 370 g/mol. The highest BCUT2D eigenvalue weighted by Crippen LogP contribution is 2.19. The summed E-state index contributed by atoms with van der Waals surface area (Å²) in [5, 5.41) is 0. The van der Waals surface area contributed by atoms with Crippen molar-refractivity contribution in [1.29, 1.82) is 0 Å². The lowest BCUT2D eigenvalue weighted by atomic mass is 10.2. The minimum Gasteiger partial charge on any atom is -0.341 e. The molecule has 3 nitrogen and oxygen atoms in total. The molecular formula is C14H15BrN2OS2. The van der Waals surface area contributed by atoms with Crippen LogP contribution in [0.4, 0.5) is 0 Å². The molecule has 20 heavy (non-hydrogen) atoms. The van der Waals surface area contributed by atoms with E-state index in [4.69, 9.17) is 12.2 Å². The van der Waals surface area contributed by atoms with Gasteiger partial charge in [-0.3, -0.25) is 4.79 Å². The van der Waals surface area contributed by atoms with E-state index in [0.717, 1.165) is 24.6 Å². The molecule has 1 heterocycles. The van der Waals surface area contributed by atoms with Crippen LogP contribution in [-0.4, -0.2) is 22.8 Å². The number of nitrogens with zero attached hydrogens (tertiary/aromatic N) is 1. The van der Waals surface area contributed by atoms with Gasteiger partial charge in [-0.05, 0) is 30.8 Å². The number of amides is 1. The summed E-state index contributed by atoms with van der Waals surface area (Å²) in [4.78, 5) is 18.1. The van der Waals surface area contributed by atoms with Gasteiger partial charge in [0.2, 0.25) is 5.91 Å². The molecule has 0 aliphatic rings. The molecule has 6 heteroatoms. The summed E-state index contributed by atoms with van der Waals surface area (Å²) < 4.78 is 1.74. The molecule has 0 fully saturated rings. The molecule has 0 atom stereocenters. The van der Waals surface area contributed by atoms with E-state index < -0.39 is 0 Å². The first kappa shape index (κ1) is 15.4. The molecule has 0 aliphatic heterocycles. The van der Waals surface area contributed by atoms with Crippen molar-refractivity contribution >= 4 is 45.4 Å². The second kappa shape index (κ2) is 6.65. The Bertz CT molecular complexity index is 678. The number of aryl methyl sites for hydroxylation is 1. The minimum absolute atomic E-state index is 0.0918. The minimum atomic E-state index is 0.0918. The second-order valence-electron chi connectivity index (χ2n) is 4.58. The van der Waals surface area contributed by atoms with Gasteiger partial charge in [-0.1, -0.05) is 34.1 Å². The Labute approximate surface area is 135 Å². The lowest BCUT2D eigenvalue weighted by Gasteiger charge is -2.18. The van der Waals surface area contributed by atoms with Crippen molar-refractivity contribution in [3.8, 4) is 0 Å². The van der Waals surface area contributed by atoms with Crippen molar-refractivity contribution in [2.75, 3.05) is 7.05 Å². The molecule has 106 valence electrons. The van der Waals surface area contributed by atoms with Crippen molar-refractivity contribution in [1.82, 2.24) is 9.88 Å². The first-order chi connectivity index (χ1) is 9.47. The van der Waals surface area contributed by atoms with Crippen LogP contribution in [0.25, 0.3) is 0 Å². The van der Waals surface area contributed by atoms with E-state index in [1.165, 1.54) is 11.3 Å². The van der Waals surface area contributed by atoms with E-state index in [9.17, 15) is 4.79 Å². The molecule has 1 aromatic heterocycles. The maximum Gasteiger partial charge on any atom is 0.227 e. The van der Waals surface area contributed by atoms with Crippen molar-refractivity contribution in [2.45, 2.75) is 19.9 Å². The van der Waals surface area contributed by atoms with Crippen molar-refractivity contribution in [3.05, 3.63) is 48.8 Å². The summed E-state index contributed by atoms with van der Waals surface area (Å²) >= 11 is 10.1. The van der Waals surface area contributed by atoms with Gasteiger partial charge in [0.25, 0.3) is 0 Å². The third-order valence-electron chi connectivity index (χ3n) is 3.03. The Balaban J connectivity index is 2.04. The maximum atomic E-state index is 12.3. The molecule has 0 saturated heterocycles. The molecule has 1 N–H and O–H groups in total. The van der Waals surface area contributed by atoms with E-state index in [1.54, 1.807) is 4.90 Å². The number of hydrogen-bond donors (Lipinski definition) is 1. The number of aromatic amines is 1. The van der Waals surface area contributed by atoms with Gasteiger partial charge < -0.3 is 9.88 Å². The van der Waals surface area contributed by atoms with Gasteiger partial charge in [0.1, 0.15) is 0 Å². The molecule has 2 rings (SSSR count). The molecule has 2 aromatic rings. The average molecular weight is 371 g/mol. The number of benzene rings is 1. The molecule has 0 unspecified atom stereocenters. The third kappa shape index (κ3) is 3.77. The maximum absolute atomic E-state index is 12.3. The molecule has 0 spiro atoms. The number of nitrogens with one attached hydrogen (secondary N) is 1. The van der Waals surface area contributed by atoms with Gasteiger partial charge >= 0.3 is 0 Å². The normalized spacial score (nSPS) is 10.6. The number of halogens is 1. The van der Waals surface area contributed by atoms with Gasteiger partial charge in [-0.15, -0.1) is 11.3 Å². The van der Waals surface area contributed by atoms with Crippen LogP contribution in [-0.2, 0) is 17.8 Å².